The first-order valence-electron chi connectivity index (χ1n) is 10.9. The van der Waals surface area contributed by atoms with Gasteiger partial charge in [0.15, 0.2) is 5.96 Å². The molecule has 33 heavy (non-hydrogen) atoms. The number of hydrogen-bond donors (Lipinski definition) is 6. The average Bonchev–Trinajstić information content (AvgIpc) is 3.21. The van der Waals surface area contributed by atoms with E-state index in [0.29, 0.717) is 30.2 Å². The van der Waals surface area contributed by atoms with Crippen LogP contribution in [-0.4, -0.2) is 37.3 Å². The molecule has 9 heteroatoms. The summed E-state index contributed by atoms with van der Waals surface area (Å²) in [7, 11) is 0. The first kappa shape index (κ1) is 23.6. The lowest BCUT2D eigenvalue weighted by molar-refractivity contribution is 0.307. The number of furan rings is 1. The molecule has 0 saturated heterocycles. The number of hydrogen-bond acceptors (Lipinski definition) is 5. The molecule has 1 aromatic heterocycles. The van der Waals surface area contributed by atoms with Crippen LogP contribution in [0.15, 0.2) is 57.9 Å². The molecule has 0 saturated carbocycles. The molecule has 174 valence electrons. The van der Waals surface area contributed by atoms with E-state index in [1.807, 2.05) is 30.3 Å². The Hall–Kier alpha value is -4.01. The number of amidine groups is 2. The predicted molar refractivity (Wildman–Crippen MR) is 132 cm³/mol. The maximum atomic E-state index is 7.53. The van der Waals surface area contributed by atoms with Gasteiger partial charge in [-0.25, -0.2) is 0 Å². The van der Waals surface area contributed by atoms with Crippen molar-refractivity contribution in [2.45, 2.75) is 25.7 Å². The minimum atomic E-state index is 0.0462. The summed E-state index contributed by atoms with van der Waals surface area (Å²) in [5.41, 5.74) is 19.1. The largest absolute Gasteiger partial charge is 0.494 e. The van der Waals surface area contributed by atoms with Gasteiger partial charge in [-0.2, -0.15) is 0 Å². The second-order valence-electron chi connectivity index (χ2n) is 7.67. The number of rotatable bonds is 12. The number of aryl methyl sites for hydroxylation is 1. The Labute approximate surface area is 193 Å². The van der Waals surface area contributed by atoms with Gasteiger partial charge < -0.3 is 31.7 Å². The van der Waals surface area contributed by atoms with Gasteiger partial charge in [0.2, 0.25) is 0 Å². The van der Waals surface area contributed by atoms with Crippen LogP contribution < -0.4 is 27.3 Å². The molecular formula is C24H31N7O2. The van der Waals surface area contributed by atoms with Gasteiger partial charge in [-0.3, -0.25) is 15.8 Å². The summed E-state index contributed by atoms with van der Waals surface area (Å²) in [6, 6.07) is 14.6. The van der Waals surface area contributed by atoms with Gasteiger partial charge in [-0.1, -0.05) is 0 Å². The van der Waals surface area contributed by atoms with E-state index in [9.17, 15) is 0 Å². The summed E-state index contributed by atoms with van der Waals surface area (Å²) in [5, 5.41) is 19.0. The summed E-state index contributed by atoms with van der Waals surface area (Å²) in [5.74, 6) is 2.17. The van der Waals surface area contributed by atoms with Crippen molar-refractivity contribution in [2.75, 3.05) is 19.7 Å². The van der Waals surface area contributed by atoms with Crippen molar-refractivity contribution in [3.8, 4) is 5.75 Å². The molecule has 9 N–H and O–H groups in total. The fourth-order valence-corrected chi connectivity index (χ4v) is 3.26. The monoisotopic (exact) mass is 449 g/mol. The van der Waals surface area contributed by atoms with Crippen molar-refractivity contribution in [1.29, 1.82) is 10.8 Å². The summed E-state index contributed by atoms with van der Waals surface area (Å²) < 4.78 is 11.5. The van der Waals surface area contributed by atoms with Crippen LogP contribution in [0.5, 0.6) is 5.75 Å². The first-order chi connectivity index (χ1) is 15.9. The summed E-state index contributed by atoms with van der Waals surface area (Å²) in [4.78, 5) is 4.36. The number of nitrogen functional groups attached to an aromatic ring is 2. The number of unbranched alkanes of at least 4 members (excludes halogenated alkanes) is 1. The van der Waals surface area contributed by atoms with Crippen molar-refractivity contribution >= 4 is 28.6 Å². The molecule has 3 rings (SSSR count). The third-order valence-corrected chi connectivity index (χ3v) is 5.05. The third-order valence-electron chi connectivity index (χ3n) is 5.05. The molecule has 0 fully saturated rings. The Bertz CT molecular complexity index is 1120. The molecule has 0 unspecified atom stereocenters. The molecule has 1 heterocycles. The van der Waals surface area contributed by atoms with Crippen LogP contribution >= 0.6 is 0 Å². The van der Waals surface area contributed by atoms with Gasteiger partial charge >= 0.3 is 0 Å². The van der Waals surface area contributed by atoms with Crippen LogP contribution in [0.25, 0.3) is 11.0 Å². The number of nitrogens with two attached hydrogens (primary N) is 3. The second-order valence-corrected chi connectivity index (χ2v) is 7.67. The van der Waals surface area contributed by atoms with E-state index < -0.39 is 0 Å². The van der Waals surface area contributed by atoms with Crippen LogP contribution in [0, 0.1) is 10.8 Å². The van der Waals surface area contributed by atoms with Crippen LogP contribution in [0.2, 0.25) is 0 Å². The molecule has 0 amide bonds. The summed E-state index contributed by atoms with van der Waals surface area (Å²) in [6.07, 6.45) is 3.36. The highest BCUT2D eigenvalue weighted by atomic mass is 16.5. The van der Waals surface area contributed by atoms with Gasteiger partial charge in [0.05, 0.1) is 6.61 Å². The highest BCUT2D eigenvalue weighted by Crippen LogP contribution is 2.21. The zero-order valence-electron chi connectivity index (χ0n) is 18.6. The van der Waals surface area contributed by atoms with E-state index in [0.717, 1.165) is 54.7 Å². The zero-order chi connectivity index (χ0) is 23.6. The standard InChI is InChI=1S/C24H31N7O2/c25-22(26)16-5-8-19(9-6-16)32-13-2-1-11-30-24(29)31-12-3-4-20-15-18-14-17(23(27)28)7-10-21(18)33-20/h5-10,14-15H,1-4,11-13H2,(H3,25,26)(H3,27,28)(H3,29,30,31). The summed E-state index contributed by atoms with van der Waals surface area (Å²) >= 11 is 0. The molecular weight excluding hydrogens is 418 g/mol. The van der Waals surface area contributed by atoms with Gasteiger partial charge in [0.1, 0.15) is 28.8 Å². The topological polar surface area (TPSA) is 173 Å². The van der Waals surface area contributed by atoms with E-state index in [4.69, 9.17) is 37.2 Å². The predicted octanol–water partition coefficient (Wildman–Crippen LogP) is 2.70. The minimum Gasteiger partial charge on any atom is -0.494 e. The molecule has 3 aromatic rings. The molecule has 2 aromatic carbocycles. The van der Waals surface area contributed by atoms with E-state index in [2.05, 4.69) is 10.3 Å². The number of nitrogens with zero attached hydrogens (tertiary/aromatic N) is 1. The molecule has 0 radical (unpaired) electrons. The molecule has 9 nitrogen and oxygen atoms in total. The Morgan fingerprint density at radius 2 is 1.64 bits per heavy atom. The Morgan fingerprint density at radius 1 is 0.909 bits per heavy atom. The highest BCUT2D eigenvalue weighted by molar-refractivity contribution is 5.98. The first-order valence-corrected chi connectivity index (χ1v) is 10.9. The van der Waals surface area contributed by atoms with E-state index in [-0.39, 0.29) is 11.7 Å². The van der Waals surface area contributed by atoms with Crippen LogP contribution in [0.1, 0.15) is 36.1 Å². The van der Waals surface area contributed by atoms with Gasteiger partial charge in [-0.05, 0) is 67.8 Å². The maximum Gasteiger partial charge on any atom is 0.188 e. The average molecular weight is 450 g/mol. The number of nitrogens with one attached hydrogen (secondary N) is 3. The number of fused-ring (bicyclic) bond motifs is 1. The Balaban J connectivity index is 1.29. The molecule has 0 aliphatic carbocycles. The van der Waals surface area contributed by atoms with E-state index in [1.54, 1.807) is 18.2 Å². The van der Waals surface area contributed by atoms with Crippen molar-refractivity contribution < 1.29 is 9.15 Å². The smallest absolute Gasteiger partial charge is 0.188 e. The zero-order valence-corrected chi connectivity index (χ0v) is 18.6. The number of aliphatic imine (C=N–C) groups is 1. The van der Waals surface area contributed by atoms with E-state index >= 15 is 0 Å². The fourth-order valence-electron chi connectivity index (χ4n) is 3.26. The SMILES string of the molecule is N=C(N)c1ccc(OCCCCNC(N)=NCCCc2cc3cc(C(=N)N)ccc3o2)cc1. The van der Waals surface area contributed by atoms with Crippen molar-refractivity contribution in [3.63, 3.8) is 0 Å². The number of guanidine groups is 1. The van der Waals surface area contributed by atoms with Crippen LogP contribution in [0.3, 0.4) is 0 Å². The lowest BCUT2D eigenvalue weighted by atomic mass is 10.1. The highest BCUT2D eigenvalue weighted by Gasteiger charge is 2.06. The van der Waals surface area contributed by atoms with Crippen molar-refractivity contribution in [2.24, 2.45) is 22.2 Å². The fraction of sp³-hybridized carbons (Fsp3) is 0.292. The van der Waals surface area contributed by atoms with Gasteiger partial charge in [0.25, 0.3) is 0 Å². The van der Waals surface area contributed by atoms with Gasteiger partial charge in [-0.15, -0.1) is 0 Å². The third kappa shape index (κ3) is 7.27. The maximum absolute atomic E-state index is 7.53. The quantitative estimate of drug-likeness (QED) is 0.141. The molecule has 0 atom stereocenters. The van der Waals surface area contributed by atoms with Crippen molar-refractivity contribution in [1.82, 2.24) is 5.32 Å². The van der Waals surface area contributed by atoms with Crippen LogP contribution in [0.4, 0.5) is 0 Å². The second kappa shape index (κ2) is 11.6. The van der Waals surface area contributed by atoms with Crippen molar-refractivity contribution in [3.05, 3.63) is 65.4 Å². The lowest BCUT2D eigenvalue weighted by Crippen LogP contribution is -2.32. The lowest BCUT2D eigenvalue weighted by Gasteiger charge is -2.08. The minimum absolute atomic E-state index is 0.0462. The molecule has 0 spiro atoms. The summed E-state index contributed by atoms with van der Waals surface area (Å²) in [6.45, 7) is 1.93. The molecule has 0 bridgehead atoms. The Kier molecular flexibility index (Phi) is 8.29. The van der Waals surface area contributed by atoms with E-state index in [1.165, 1.54) is 0 Å². The number of ether oxygens (including phenoxy) is 1. The normalized spacial score (nSPS) is 11.5. The molecule has 0 aliphatic heterocycles. The van der Waals surface area contributed by atoms with Gasteiger partial charge in [0, 0.05) is 36.0 Å². The van der Waals surface area contributed by atoms with Crippen LogP contribution in [-0.2, 0) is 6.42 Å². The Morgan fingerprint density at radius 3 is 2.36 bits per heavy atom. The number of benzene rings is 2. The molecule has 0 aliphatic rings.